The first-order valence-electron chi connectivity index (χ1n) is 12.5. The van der Waals surface area contributed by atoms with Gasteiger partial charge in [-0.25, -0.2) is 9.78 Å². The molecule has 2 amide bonds. The highest BCUT2D eigenvalue weighted by Gasteiger charge is 2.40. The first kappa shape index (κ1) is 25.2. The van der Waals surface area contributed by atoms with Crippen molar-refractivity contribution in [3.63, 3.8) is 0 Å². The minimum absolute atomic E-state index is 0.0925. The molecule has 5 rings (SSSR count). The fourth-order valence-electron chi connectivity index (χ4n) is 5.73. The number of aliphatic hydroxyl groups is 1. The van der Waals surface area contributed by atoms with E-state index in [9.17, 15) is 9.90 Å². The van der Waals surface area contributed by atoms with Crippen LogP contribution in [0.2, 0.25) is 10.0 Å². The Kier molecular flexibility index (Phi) is 7.87. The molecule has 1 aromatic heterocycles. The second-order valence-corrected chi connectivity index (χ2v) is 11.8. The van der Waals surface area contributed by atoms with Crippen molar-refractivity contribution in [2.24, 2.45) is 5.92 Å². The number of nitrogens with zero attached hydrogens (tertiary/aromatic N) is 4. The highest BCUT2D eigenvalue weighted by atomic mass is 35.5. The normalized spacial score (nSPS) is 28.4. The number of halogens is 2. The summed E-state index contributed by atoms with van der Waals surface area (Å²) in [6.45, 7) is 6.62. The van der Waals surface area contributed by atoms with Crippen LogP contribution in [0.1, 0.15) is 37.1 Å². The largest absolute Gasteiger partial charge is 0.383 e. The molecule has 3 heterocycles. The van der Waals surface area contributed by atoms with E-state index in [1.807, 2.05) is 10.3 Å². The average Bonchev–Trinajstić information content (AvgIpc) is 3.56. The number of rotatable bonds is 5. The fourth-order valence-corrected chi connectivity index (χ4v) is 6.82. The molecule has 1 saturated carbocycles. The number of likely N-dealkylation sites (tertiary alicyclic amines) is 1. The van der Waals surface area contributed by atoms with Crippen LogP contribution in [-0.4, -0.2) is 82.7 Å². The van der Waals surface area contributed by atoms with Crippen molar-refractivity contribution in [2.75, 3.05) is 51.1 Å². The Morgan fingerprint density at radius 1 is 1.11 bits per heavy atom. The monoisotopic (exact) mass is 537 g/mol. The summed E-state index contributed by atoms with van der Waals surface area (Å²) in [5.41, 5.74) is -0.0686. The van der Waals surface area contributed by atoms with Gasteiger partial charge in [0.25, 0.3) is 0 Å². The SMILES string of the molecule is O=C(Nc1ccc(Cl)c(Cl)c1)N1CCN(CC2CCN(C3CCC(O)(c4nccs4)CC3)C2)CC1. The number of benzene rings is 1. The average molecular weight is 539 g/mol. The molecule has 3 fully saturated rings. The Labute approximate surface area is 221 Å². The Balaban J connectivity index is 1.03. The van der Waals surface area contributed by atoms with Gasteiger partial charge in [-0.2, -0.15) is 0 Å². The van der Waals surface area contributed by atoms with Crippen LogP contribution in [0, 0.1) is 5.92 Å². The molecule has 2 aliphatic heterocycles. The molecule has 0 bridgehead atoms. The van der Waals surface area contributed by atoms with E-state index in [1.165, 1.54) is 6.42 Å². The number of hydrogen-bond acceptors (Lipinski definition) is 6. The summed E-state index contributed by atoms with van der Waals surface area (Å²) in [5, 5.41) is 17.7. The molecule has 7 nitrogen and oxygen atoms in total. The van der Waals surface area contributed by atoms with Gasteiger partial charge in [-0.15, -0.1) is 11.3 Å². The molecule has 2 N–H and O–H groups in total. The second-order valence-electron chi connectivity index (χ2n) is 10.1. The molecule has 3 aliphatic rings. The van der Waals surface area contributed by atoms with E-state index in [4.69, 9.17) is 23.2 Å². The highest BCUT2D eigenvalue weighted by molar-refractivity contribution is 7.09. The van der Waals surface area contributed by atoms with Gasteiger partial charge in [-0.3, -0.25) is 4.90 Å². The van der Waals surface area contributed by atoms with Crippen molar-refractivity contribution < 1.29 is 9.90 Å². The maximum atomic E-state index is 12.6. The first-order valence-corrected chi connectivity index (χ1v) is 14.1. The summed E-state index contributed by atoms with van der Waals surface area (Å²) in [5.74, 6) is 0.673. The number of urea groups is 1. The molecule has 2 aromatic rings. The molecule has 1 unspecified atom stereocenters. The highest BCUT2D eigenvalue weighted by Crippen LogP contribution is 2.40. The maximum absolute atomic E-state index is 12.6. The molecule has 10 heteroatoms. The van der Waals surface area contributed by atoms with Crippen LogP contribution in [0.25, 0.3) is 0 Å². The van der Waals surface area contributed by atoms with Crippen LogP contribution in [0.15, 0.2) is 29.8 Å². The van der Waals surface area contributed by atoms with E-state index in [0.29, 0.717) is 27.7 Å². The minimum atomic E-state index is -0.727. The molecule has 1 atom stereocenters. The van der Waals surface area contributed by atoms with Crippen molar-refractivity contribution in [1.29, 1.82) is 0 Å². The topological polar surface area (TPSA) is 71.9 Å². The lowest BCUT2D eigenvalue weighted by molar-refractivity contribution is -0.0228. The molecular formula is C25H33Cl2N5O2S. The second kappa shape index (κ2) is 10.9. The Morgan fingerprint density at radius 3 is 2.57 bits per heavy atom. The van der Waals surface area contributed by atoms with Crippen LogP contribution in [-0.2, 0) is 5.60 Å². The van der Waals surface area contributed by atoms with Crippen LogP contribution in [0.5, 0.6) is 0 Å². The standard InChI is InChI=1S/C25H33Cl2N5O2S/c26-21-2-1-19(15-22(21)27)29-24(33)31-12-10-30(11-13-31)16-18-5-9-32(17-18)20-3-6-25(34,7-4-20)23-28-8-14-35-23/h1-2,8,14-15,18,20,34H,3-7,9-13,16-17H2,(H,29,33). The van der Waals surface area contributed by atoms with Gasteiger partial charge in [0, 0.05) is 62.6 Å². The zero-order chi connectivity index (χ0) is 24.4. The molecule has 0 spiro atoms. The third-order valence-corrected chi connectivity index (χ3v) is 9.50. The summed E-state index contributed by atoms with van der Waals surface area (Å²) in [6, 6.07) is 5.61. The summed E-state index contributed by atoms with van der Waals surface area (Å²) in [7, 11) is 0. The minimum Gasteiger partial charge on any atom is -0.383 e. The van der Waals surface area contributed by atoms with Gasteiger partial charge < -0.3 is 20.2 Å². The fraction of sp³-hybridized carbons (Fsp3) is 0.600. The Bertz CT molecular complexity index is 1010. The van der Waals surface area contributed by atoms with E-state index in [0.717, 1.165) is 76.5 Å². The Morgan fingerprint density at radius 2 is 1.89 bits per heavy atom. The van der Waals surface area contributed by atoms with Gasteiger partial charge in [0.15, 0.2) is 0 Å². The third-order valence-electron chi connectivity index (χ3n) is 7.79. The van der Waals surface area contributed by atoms with Crippen molar-refractivity contribution in [2.45, 2.75) is 43.7 Å². The van der Waals surface area contributed by atoms with Crippen molar-refractivity contribution in [3.05, 3.63) is 44.8 Å². The zero-order valence-corrected chi connectivity index (χ0v) is 22.2. The quantitative estimate of drug-likeness (QED) is 0.575. The van der Waals surface area contributed by atoms with E-state index in [2.05, 4.69) is 20.1 Å². The van der Waals surface area contributed by atoms with Crippen molar-refractivity contribution in [3.8, 4) is 0 Å². The van der Waals surface area contributed by atoms with E-state index in [1.54, 1.807) is 35.7 Å². The van der Waals surface area contributed by atoms with Gasteiger partial charge in [0.2, 0.25) is 0 Å². The van der Waals surface area contributed by atoms with Gasteiger partial charge in [0.1, 0.15) is 10.6 Å². The molecule has 0 radical (unpaired) electrons. The van der Waals surface area contributed by atoms with E-state index >= 15 is 0 Å². The van der Waals surface area contributed by atoms with Gasteiger partial charge in [-0.1, -0.05) is 23.2 Å². The molecule has 190 valence electrons. The number of thiazole rings is 1. The summed E-state index contributed by atoms with van der Waals surface area (Å²) in [6.07, 6.45) is 6.70. The lowest BCUT2D eigenvalue weighted by atomic mass is 9.82. The predicted molar refractivity (Wildman–Crippen MR) is 141 cm³/mol. The third kappa shape index (κ3) is 5.95. The van der Waals surface area contributed by atoms with Gasteiger partial charge in [0.05, 0.1) is 10.0 Å². The van der Waals surface area contributed by atoms with E-state index < -0.39 is 5.60 Å². The first-order chi connectivity index (χ1) is 16.9. The molecular weight excluding hydrogens is 505 g/mol. The lowest BCUT2D eigenvalue weighted by Gasteiger charge is -2.39. The zero-order valence-electron chi connectivity index (χ0n) is 19.8. The molecule has 35 heavy (non-hydrogen) atoms. The lowest BCUT2D eigenvalue weighted by Crippen LogP contribution is -2.51. The number of amides is 2. The van der Waals surface area contributed by atoms with Crippen molar-refractivity contribution in [1.82, 2.24) is 19.7 Å². The molecule has 1 aromatic carbocycles. The predicted octanol–water partition coefficient (Wildman–Crippen LogP) is 4.75. The summed E-state index contributed by atoms with van der Waals surface area (Å²) in [4.78, 5) is 24.0. The number of anilines is 1. The number of piperazine rings is 1. The number of carbonyl (C=O) groups excluding carboxylic acids is 1. The van der Waals surface area contributed by atoms with Crippen LogP contribution >= 0.6 is 34.5 Å². The number of nitrogens with one attached hydrogen (secondary N) is 1. The maximum Gasteiger partial charge on any atom is 0.321 e. The van der Waals surface area contributed by atoms with Crippen LogP contribution in [0.3, 0.4) is 0 Å². The van der Waals surface area contributed by atoms with Crippen molar-refractivity contribution >= 4 is 46.3 Å². The van der Waals surface area contributed by atoms with E-state index in [-0.39, 0.29) is 6.03 Å². The number of hydrogen-bond donors (Lipinski definition) is 2. The molecule has 2 saturated heterocycles. The Hall–Kier alpha value is -1.42. The molecule has 1 aliphatic carbocycles. The van der Waals surface area contributed by atoms with Gasteiger partial charge >= 0.3 is 6.03 Å². The summed E-state index contributed by atoms with van der Waals surface area (Å²) >= 11 is 13.6. The smallest absolute Gasteiger partial charge is 0.321 e. The number of carbonyl (C=O) groups is 1. The van der Waals surface area contributed by atoms with Crippen LogP contribution in [0.4, 0.5) is 10.5 Å². The summed E-state index contributed by atoms with van der Waals surface area (Å²) < 4.78 is 0. The van der Waals surface area contributed by atoms with Crippen LogP contribution < -0.4 is 5.32 Å². The number of aromatic nitrogens is 1. The van der Waals surface area contributed by atoms with Gasteiger partial charge in [-0.05, 0) is 62.8 Å².